The summed E-state index contributed by atoms with van der Waals surface area (Å²) in [4.78, 5) is 28.6. The lowest BCUT2D eigenvalue weighted by atomic mass is 9.53. The molecule has 1 heterocycles. The third kappa shape index (κ3) is 3.66. The molecule has 156 valence electrons. The number of amides is 1. The molecule has 4 aliphatic rings. The molecule has 0 spiro atoms. The van der Waals surface area contributed by atoms with Gasteiger partial charge in [-0.05, 0) is 80.0 Å². The molecule has 4 bridgehead atoms. The number of hydrogen-bond acceptors (Lipinski definition) is 5. The lowest BCUT2D eigenvalue weighted by Crippen LogP contribution is -2.60. The van der Waals surface area contributed by atoms with E-state index in [2.05, 4.69) is 10.3 Å². The van der Waals surface area contributed by atoms with Crippen LogP contribution in [-0.2, 0) is 4.74 Å². The van der Waals surface area contributed by atoms with Crippen molar-refractivity contribution in [3.63, 3.8) is 0 Å². The average molecular weight is 406 g/mol. The van der Waals surface area contributed by atoms with Crippen LogP contribution in [0.5, 0.6) is 5.75 Å². The molecule has 6 nitrogen and oxygen atoms in total. The molecular formula is C24H26N2O4. The predicted octanol–water partition coefficient (Wildman–Crippen LogP) is 4.59. The van der Waals surface area contributed by atoms with Gasteiger partial charge in [0.2, 0.25) is 0 Å². The Bertz CT molecular complexity index is 951. The number of hydrogen-bond donors (Lipinski definition) is 1. The molecule has 4 saturated carbocycles. The van der Waals surface area contributed by atoms with E-state index in [4.69, 9.17) is 9.47 Å². The van der Waals surface area contributed by atoms with Crippen LogP contribution in [0.25, 0.3) is 11.1 Å². The van der Waals surface area contributed by atoms with Gasteiger partial charge >= 0.3 is 12.1 Å². The van der Waals surface area contributed by atoms with Crippen LogP contribution in [0.3, 0.4) is 0 Å². The standard InChI is InChI=1S/C24H26N2O4/c1-29-22(27)20-8-19(13-25-14-20)18-3-2-4-21(9-18)30-23(28)26-24-10-15-5-16(11-24)7-17(6-15)12-24/h2-4,8-9,13-17H,5-7,10-12H2,1H3,(H,26,28). The zero-order chi connectivity index (χ0) is 20.7. The molecule has 6 rings (SSSR count). The first-order chi connectivity index (χ1) is 14.5. The number of ether oxygens (including phenoxy) is 2. The molecule has 30 heavy (non-hydrogen) atoms. The molecule has 0 unspecified atom stereocenters. The number of methoxy groups -OCH3 is 1. The lowest BCUT2D eigenvalue weighted by Gasteiger charge is -2.56. The van der Waals surface area contributed by atoms with Crippen molar-refractivity contribution >= 4 is 12.1 Å². The van der Waals surface area contributed by atoms with Gasteiger partial charge in [0.25, 0.3) is 0 Å². The number of esters is 1. The lowest BCUT2D eigenvalue weighted by molar-refractivity contribution is -0.0161. The Morgan fingerprint density at radius 1 is 1.00 bits per heavy atom. The van der Waals surface area contributed by atoms with E-state index in [0.717, 1.165) is 48.1 Å². The first kappa shape index (κ1) is 19.1. The van der Waals surface area contributed by atoms with Crippen LogP contribution >= 0.6 is 0 Å². The van der Waals surface area contributed by atoms with Gasteiger partial charge in [0.1, 0.15) is 5.75 Å². The molecule has 0 saturated heterocycles. The summed E-state index contributed by atoms with van der Waals surface area (Å²) in [6, 6.07) is 8.99. The Morgan fingerprint density at radius 2 is 1.70 bits per heavy atom. The maximum absolute atomic E-state index is 12.7. The quantitative estimate of drug-likeness (QED) is 0.752. The van der Waals surface area contributed by atoms with Gasteiger partial charge in [-0.2, -0.15) is 0 Å². The van der Waals surface area contributed by atoms with Crippen LogP contribution in [0.15, 0.2) is 42.7 Å². The van der Waals surface area contributed by atoms with Crippen LogP contribution < -0.4 is 10.1 Å². The zero-order valence-corrected chi connectivity index (χ0v) is 17.1. The summed E-state index contributed by atoms with van der Waals surface area (Å²) in [5.41, 5.74) is 1.86. The fourth-order valence-corrected chi connectivity index (χ4v) is 6.18. The number of rotatable bonds is 4. The highest BCUT2D eigenvalue weighted by Gasteiger charge is 2.51. The summed E-state index contributed by atoms with van der Waals surface area (Å²) in [6.45, 7) is 0. The summed E-state index contributed by atoms with van der Waals surface area (Å²) >= 11 is 0. The van der Waals surface area contributed by atoms with Crippen LogP contribution in [-0.4, -0.2) is 29.7 Å². The minimum absolute atomic E-state index is 0.0811. The predicted molar refractivity (Wildman–Crippen MR) is 111 cm³/mol. The Kier molecular flexibility index (Phi) is 4.72. The topological polar surface area (TPSA) is 77.5 Å². The van der Waals surface area contributed by atoms with Gasteiger partial charge in [-0.1, -0.05) is 12.1 Å². The molecular weight excluding hydrogens is 380 g/mol. The number of carbonyl (C=O) groups excluding carboxylic acids is 2. The highest BCUT2D eigenvalue weighted by atomic mass is 16.6. The van der Waals surface area contributed by atoms with E-state index < -0.39 is 5.97 Å². The van der Waals surface area contributed by atoms with Crippen molar-refractivity contribution in [3.8, 4) is 16.9 Å². The summed E-state index contributed by atoms with van der Waals surface area (Å²) in [5, 5.41) is 3.23. The van der Waals surface area contributed by atoms with Crippen LogP contribution in [0, 0.1) is 17.8 Å². The third-order valence-corrected chi connectivity index (χ3v) is 6.94. The monoisotopic (exact) mass is 406 g/mol. The van der Waals surface area contributed by atoms with Gasteiger partial charge in [-0.25, -0.2) is 9.59 Å². The van der Waals surface area contributed by atoms with Crippen molar-refractivity contribution in [1.82, 2.24) is 10.3 Å². The summed E-state index contributed by atoms with van der Waals surface area (Å²) in [5.74, 6) is 2.31. The molecule has 6 heteroatoms. The molecule has 0 radical (unpaired) electrons. The van der Waals surface area contributed by atoms with Gasteiger partial charge in [0, 0.05) is 23.5 Å². The highest BCUT2D eigenvalue weighted by molar-refractivity contribution is 5.90. The van der Waals surface area contributed by atoms with Crippen LogP contribution in [0.2, 0.25) is 0 Å². The van der Waals surface area contributed by atoms with E-state index >= 15 is 0 Å². The Morgan fingerprint density at radius 3 is 2.37 bits per heavy atom. The number of carbonyl (C=O) groups is 2. The minimum atomic E-state index is -0.438. The molecule has 1 amide bonds. The van der Waals surface area contributed by atoms with E-state index in [-0.39, 0.29) is 11.6 Å². The molecule has 4 aliphatic carbocycles. The largest absolute Gasteiger partial charge is 0.465 e. The SMILES string of the molecule is COC(=O)c1cncc(-c2cccc(OC(=O)NC34CC5CC(CC(C5)C3)C4)c2)c1. The highest BCUT2D eigenvalue weighted by Crippen LogP contribution is 2.55. The number of pyridine rings is 1. The van der Waals surface area contributed by atoms with Crippen molar-refractivity contribution < 1.29 is 19.1 Å². The van der Waals surface area contributed by atoms with E-state index in [1.165, 1.54) is 32.6 Å². The van der Waals surface area contributed by atoms with Gasteiger partial charge in [0.15, 0.2) is 0 Å². The van der Waals surface area contributed by atoms with Crippen LogP contribution in [0.4, 0.5) is 4.79 Å². The molecule has 1 N–H and O–H groups in total. The van der Waals surface area contributed by atoms with Gasteiger partial charge < -0.3 is 14.8 Å². The molecule has 0 atom stereocenters. The Hall–Kier alpha value is -2.89. The zero-order valence-electron chi connectivity index (χ0n) is 17.1. The summed E-state index contributed by atoms with van der Waals surface area (Å²) in [6.07, 6.45) is 10.00. The number of nitrogens with one attached hydrogen (secondary N) is 1. The maximum atomic E-state index is 12.7. The fraction of sp³-hybridized carbons (Fsp3) is 0.458. The normalized spacial score (nSPS) is 28.8. The number of benzene rings is 1. The van der Waals surface area contributed by atoms with Gasteiger partial charge in [0.05, 0.1) is 12.7 Å². The second kappa shape index (κ2) is 7.42. The minimum Gasteiger partial charge on any atom is -0.465 e. The van der Waals surface area contributed by atoms with Crippen LogP contribution in [0.1, 0.15) is 48.9 Å². The average Bonchev–Trinajstić information content (AvgIpc) is 2.72. The number of nitrogens with zero attached hydrogens (tertiary/aromatic N) is 1. The molecule has 4 fully saturated rings. The maximum Gasteiger partial charge on any atom is 0.413 e. The molecule has 1 aromatic carbocycles. The Balaban J connectivity index is 1.29. The second-order valence-electron chi connectivity index (χ2n) is 9.19. The van der Waals surface area contributed by atoms with E-state index in [9.17, 15) is 9.59 Å². The Labute approximate surface area is 176 Å². The summed E-state index contributed by atoms with van der Waals surface area (Å²) in [7, 11) is 1.34. The first-order valence-corrected chi connectivity index (χ1v) is 10.7. The van der Waals surface area contributed by atoms with Crippen molar-refractivity contribution in [2.45, 2.75) is 44.1 Å². The van der Waals surface area contributed by atoms with E-state index in [0.29, 0.717) is 11.3 Å². The number of aromatic nitrogens is 1. The van der Waals surface area contributed by atoms with E-state index in [1.807, 2.05) is 12.1 Å². The third-order valence-electron chi connectivity index (χ3n) is 6.94. The molecule has 0 aliphatic heterocycles. The van der Waals surface area contributed by atoms with Crippen molar-refractivity contribution in [2.75, 3.05) is 7.11 Å². The smallest absolute Gasteiger partial charge is 0.413 e. The van der Waals surface area contributed by atoms with Crippen molar-refractivity contribution in [1.29, 1.82) is 0 Å². The van der Waals surface area contributed by atoms with Gasteiger partial charge in [-0.15, -0.1) is 0 Å². The molecule has 2 aromatic rings. The summed E-state index contributed by atoms with van der Waals surface area (Å²) < 4.78 is 10.4. The van der Waals surface area contributed by atoms with E-state index in [1.54, 1.807) is 24.4 Å². The molecule has 1 aromatic heterocycles. The first-order valence-electron chi connectivity index (χ1n) is 10.7. The van der Waals surface area contributed by atoms with Crippen molar-refractivity contribution in [2.24, 2.45) is 17.8 Å². The fourth-order valence-electron chi connectivity index (χ4n) is 6.18. The second-order valence-corrected chi connectivity index (χ2v) is 9.19. The van der Waals surface area contributed by atoms with Gasteiger partial charge in [-0.3, -0.25) is 4.98 Å². The van der Waals surface area contributed by atoms with Crippen molar-refractivity contribution in [3.05, 3.63) is 48.3 Å².